The highest BCUT2D eigenvalue weighted by Gasteiger charge is 2.25. The van der Waals surface area contributed by atoms with E-state index in [0.717, 1.165) is 12.8 Å². The molecule has 0 spiro atoms. The molecule has 5 heteroatoms. The molecule has 16 heavy (non-hydrogen) atoms. The maximum atomic E-state index is 12.1. The lowest BCUT2D eigenvalue weighted by Gasteiger charge is -2.25. The van der Waals surface area contributed by atoms with E-state index in [1.54, 1.807) is 4.90 Å². The van der Waals surface area contributed by atoms with E-state index in [-0.39, 0.29) is 23.4 Å². The molecule has 0 aliphatic rings. The Morgan fingerprint density at radius 2 is 2.00 bits per heavy atom. The van der Waals surface area contributed by atoms with Crippen LogP contribution in [0.15, 0.2) is 0 Å². The van der Waals surface area contributed by atoms with Crippen LogP contribution in [0, 0.1) is 5.92 Å². The fraction of sp³-hybridized carbons (Fsp3) is 0.818. The van der Waals surface area contributed by atoms with Crippen LogP contribution in [-0.2, 0) is 4.79 Å². The van der Waals surface area contributed by atoms with Crippen molar-refractivity contribution < 1.29 is 9.90 Å². The Hall–Kier alpha value is -0.680. The summed E-state index contributed by atoms with van der Waals surface area (Å²) in [5, 5.41) is 8.90. The molecule has 1 unspecified atom stereocenters. The lowest BCUT2D eigenvalue weighted by atomic mass is 10.0. The molecule has 4 nitrogen and oxygen atoms in total. The third-order valence-corrected chi connectivity index (χ3v) is 2.68. The van der Waals surface area contributed by atoms with Crippen molar-refractivity contribution >= 4 is 23.1 Å². The number of aliphatic hydroxyl groups is 1. The molecule has 0 saturated carbocycles. The summed E-state index contributed by atoms with van der Waals surface area (Å²) in [5.41, 5.74) is 5.58. The van der Waals surface area contributed by atoms with Crippen LogP contribution in [0.4, 0.5) is 0 Å². The van der Waals surface area contributed by atoms with E-state index < -0.39 is 0 Å². The average Bonchev–Trinajstić information content (AvgIpc) is 2.24. The number of hydrogen-bond donors (Lipinski definition) is 2. The fourth-order valence-corrected chi connectivity index (χ4v) is 1.84. The Morgan fingerprint density at radius 3 is 2.38 bits per heavy atom. The Kier molecular flexibility index (Phi) is 8.11. The van der Waals surface area contributed by atoms with Crippen LogP contribution in [0.5, 0.6) is 0 Å². The van der Waals surface area contributed by atoms with Crippen molar-refractivity contribution in [3.8, 4) is 0 Å². The van der Waals surface area contributed by atoms with Gasteiger partial charge in [-0.3, -0.25) is 4.79 Å². The molecule has 0 aliphatic carbocycles. The van der Waals surface area contributed by atoms with Crippen LogP contribution in [0.1, 0.15) is 33.1 Å². The zero-order valence-corrected chi connectivity index (χ0v) is 10.9. The van der Waals surface area contributed by atoms with E-state index >= 15 is 0 Å². The maximum absolute atomic E-state index is 12.1. The second-order valence-electron chi connectivity index (χ2n) is 3.79. The first-order valence-corrected chi connectivity index (χ1v) is 6.18. The molecule has 94 valence electrons. The number of thiocarbonyl (C=S) groups is 1. The van der Waals surface area contributed by atoms with E-state index in [4.69, 9.17) is 23.1 Å². The van der Waals surface area contributed by atoms with Crippen molar-refractivity contribution in [1.29, 1.82) is 0 Å². The summed E-state index contributed by atoms with van der Waals surface area (Å²) in [6, 6.07) is 0. The van der Waals surface area contributed by atoms with Crippen molar-refractivity contribution in [2.45, 2.75) is 33.1 Å². The third-order valence-electron chi connectivity index (χ3n) is 2.39. The molecule has 0 aliphatic heterocycles. The predicted molar refractivity (Wildman–Crippen MR) is 69.1 cm³/mol. The van der Waals surface area contributed by atoms with Gasteiger partial charge in [0.15, 0.2) is 0 Å². The number of nitrogens with two attached hydrogens (primary N) is 1. The van der Waals surface area contributed by atoms with Crippen molar-refractivity contribution in [3.05, 3.63) is 0 Å². The van der Waals surface area contributed by atoms with Crippen LogP contribution in [0.25, 0.3) is 0 Å². The molecular formula is C11H22N2O2S. The van der Waals surface area contributed by atoms with E-state index in [1.807, 2.05) is 13.8 Å². The van der Waals surface area contributed by atoms with Crippen molar-refractivity contribution in [3.63, 3.8) is 0 Å². The Morgan fingerprint density at radius 1 is 1.38 bits per heavy atom. The largest absolute Gasteiger partial charge is 0.395 e. The van der Waals surface area contributed by atoms with Gasteiger partial charge in [0.05, 0.1) is 17.5 Å². The van der Waals surface area contributed by atoms with Gasteiger partial charge in [0.1, 0.15) is 0 Å². The number of carbonyl (C=O) groups is 1. The molecular weight excluding hydrogens is 224 g/mol. The van der Waals surface area contributed by atoms with Gasteiger partial charge in [-0.15, -0.1) is 0 Å². The molecule has 0 aromatic rings. The second-order valence-corrected chi connectivity index (χ2v) is 4.26. The average molecular weight is 246 g/mol. The van der Waals surface area contributed by atoms with Gasteiger partial charge >= 0.3 is 0 Å². The number of carbonyl (C=O) groups excluding carboxylic acids is 1. The topological polar surface area (TPSA) is 66.6 Å². The lowest BCUT2D eigenvalue weighted by molar-refractivity contribution is -0.134. The maximum Gasteiger partial charge on any atom is 0.232 e. The first-order chi connectivity index (χ1) is 7.58. The molecule has 0 aromatic heterocycles. The highest BCUT2D eigenvalue weighted by molar-refractivity contribution is 7.80. The number of nitrogens with zero attached hydrogens (tertiary/aromatic N) is 1. The van der Waals surface area contributed by atoms with E-state index in [9.17, 15) is 4.79 Å². The third kappa shape index (κ3) is 4.90. The van der Waals surface area contributed by atoms with Crippen molar-refractivity contribution in [2.75, 3.05) is 19.7 Å². The minimum absolute atomic E-state index is 0.0259. The molecule has 0 heterocycles. The number of hydrogen-bond acceptors (Lipinski definition) is 3. The molecule has 0 aromatic carbocycles. The smallest absolute Gasteiger partial charge is 0.232 e. The highest BCUT2D eigenvalue weighted by Crippen LogP contribution is 2.11. The van der Waals surface area contributed by atoms with Crippen LogP contribution >= 0.6 is 12.2 Å². The SMILES string of the molecule is CCCC(C(=O)N(CCC)CCO)C(N)=S. The summed E-state index contributed by atoms with van der Waals surface area (Å²) in [5.74, 6) is -0.427. The van der Waals surface area contributed by atoms with Gasteiger partial charge in [-0.25, -0.2) is 0 Å². The van der Waals surface area contributed by atoms with Gasteiger partial charge in [0.25, 0.3) is 0 Å². The van der Waals surface area contributed by atoms with Gasteiger partial charge in [-0.05, 0) is 12.8 Å². The standard InChI is InChI=1S/C11H22N2O2S/c1-3-5-9(10(12)16)11(15)13(6-4-2)7-8-14/h9,14H,3-8H2,1-2H3,(H2,12,16). The fourth-order valence-electron chi connectivity index (χ4n) is 1.62. The molecule has 1 atom stereocenters. The predicted octanol–water partition coefficient (Wildman–Crippen LogP) is 0.920. The summed E-state index contributed by atoms with van der Waals surface area (Å²) in [6.07, 6.45) is 2.41. The lowest BCUT2D eigenvalue weighted by Crippen LogP contribution is -2.42. The molecule has 0 rings (SSSR count). The summed E-state index contributed by atoms with van der Waals surface area (Å²) in [7, 11) is 0. The van der Waals surface area contributed by atoms with Crippen LogP contribution in [0.3, 0.4) is 0 Å². The summed E-state index contributed by atoms with van der Waals surface area (Å²) < 4.78 is 0. The quantitative estimate of drug-likeness (QED) is 0.625. The van der Waals surface area contributed by atoms with Crippen LogP contribution in [0.2, 0.25) is 0 Å². The van der Waals surface area contributed by atoms with Crippen LogP contribution < -0.4 is 5.73 Å². The summed E-state index contributed by atoms with van der Waals surface area (Å²) in [6.45, 7) is 4.96. The number of amides is 1. The second kappa shape index (κ2) is 8.47. The Bertz CT molecular complexity index is 228. The molecule has 1 amide bonds. The molecule has 0 bridgehead atoms. The van der Waals surface area contributed by atoms with Crippen LogP contribution in [-0.4, -0.2) is 40.6 Å². The minimum atomic E-state index is -0.377. The Labute approximate surface area is 103 Å². The van der Waals surface area contributed by atoms with Crippen molar-refractivity contribution in [1.82, 2.24) is 4.90 Å². The van der Waals surface area contributed by atoms with E-state index in [2.05, 4.69) is 0 Å². The highest BCUT2D eigenvalue weighted by atomic mass is 32.1. The zero-order valence-electron chi connectivity index (χ0n) is 10.1. The first kappa shape index (κ1) is 15.3. The van der Waals surface area contributed by atoms with E-state index in [1.165, 1.54) is 0 Å². The molecule has 0 saturated heterocycles. The number of aliphatic hydroxyl groups excluding tert-OH is 1. The summed E-state index contributed by atoms with van der Waals surface area (Å²) in [4.78, 5) is 14.0. The van der Waals surface area contributed by atoms with Gasteiger partial charge in [0, 0.05) is 13.1 Å². The van der Waals surface area contributed by atoms with E-state index in [0.29, 0.717) is 19.5 Å². The van der Waals surface area contributed by atoms with Gasteiger partial charge in [0.2, 0.25) is 5.91 Å². The minimum Gasteiger partial charge on any atom is -0.395 e. The molecule has 0 fully saturated rings. The zero-order chi connectivity index (χ0) is 12.6. The summed E-state index contributed by atoms with van der Waals surface area (Å²) >= 11 is 4.91. The van der Waals surface area contributed by atoms with Gasteiger partial charge < -0.3 is 15.7 Å². The first-order valence-electron chi connectivity index (χ1n) is 5.77. The number of rotatable bonds is 8. The van der Waals surface area contributed by atoms with Gasteiger partial charge in [-0.2, -0.15) is 0 Å². The van der Waals surface area contributed by atoms with Crippen molar-refractivity contribution in [2.24, 2.45) is 11.7 Å². The molecule has 0 radical (unpaired) electrons. The monoisotopic (exact) mass is 246 g/mol. The molecule has 3 N–H and O–H groups in total. The Balaban J connectivity index is 4.58. The van der Waals surface area contributed by atoms with Gasteiger partial charge in [-0.1, -0.05) is 32.5 Å². The normalized spacial score (nSPS) is 12.2.